The van der Waals surface area contributed by atoms with Crippen molar-refractivity contribution in [2.75, 3.05) is 0 Å². The second-order valence-corrected chi connectivity index (χ2v) is 4.18. The fourth-order valence-corrected chi connectivity index (χ4v) is 2.08. The zero-order valence-electron chi connectivity index (χ0n) is 9.17. The average molecular weight is 233 g/mol. The maximum absolute atomic E-state index is 13.1. The van der Waals surface area contributed by atoms with E-state index in [9.17, 15) is 9.50 Å². The largest absolute Gasteiger partial charge is 0.372 e. The Morgan fingerprint density at radius 1 is 1.41 bits per heavy atom. The lowest BCUT2D eigenvalue weighted by Gasteiger charge is -2.17. The molecule has 1 aromatic heterocycles. The number of benzene rings is 1. The van der Waals surface area contributed by atoms with Gasteiger partial charge < -0.3 is 5.11 Å². The summed E-state index contributed by atoms with van der Waals surface area (Å²) in [7, 11) is 0. The van der Waals surface area contributed by atoms with Gasteiger partial charge >= 0.3 is 0 Å². The molecular formula is C12H12FN3O. The summed E-state index contributed by atoms with van der Waals surface area (Å²) in [4.78, 5) is 4.34. The number of rotatable bonds is 1. The van der Waals surface area contributed by atoms with Crippen LogP contribution in [-0.2, 0) is 6.42 Å². The summed E-state index contributed by atoms with van der Waals surface area (Å²) in [6.45, 7) is 0. The third-order valence-electron chi connectivity index (χ3n) is 2.93. The first-order valence-electron chi connectivity index (χ1n) is 5.63. The van der Waals surface area contributed by atoms with Crippen LogP contribution < -0.4 is 0 Å². The molecule has 0 bridgehead atoms. The Labute approximate surface area is 97.7 Å². The molecule has 17 heavy (non-hydrogen) atoms. The Hall–Kier alpha value is -1.75. The van der Waals surface area contributed by atoms with Crippen LogP contribution in [0.25, 0.3) is 11.4 Å². The summed E-state index contributed by atoms with van der Waals surface area (Å²) in [5.74, 6) is 0.930. The Balaban J connectivity index is 2.05. The summed E-state index contributed by atoms with van der Waals surface area (Å²) >= 11 is 0. The Bertz CT molecular complexity index is 552. The number of aliphatic hydroxyl groups excluding tert-OH is 1. The van der Waals surface area contributed by atoms with E-state index in [0.717, 1.165) is 18.7 Å². The van der Waals surface area contributed by atoms with E-state index in [2.05, 4.69) is 10.1 Å². The van der Waals surface area contributed by atoms with E-state index in [0.29, 0.717) is 17.8 Å². The summed E-state index contributed by atoms with van der Waals surface area (Å²) in [6.07, 6.45) is 1.80. The first kappa shape index (κ1) is 10.4. The lowest BCUT2D eigenvalue weighted by molar-refractivity contribution is 0.0648. The molecule has 5 heteroatoms. The molecule has 0 aliphatic carbocycles. The molecule has 1 atom stereocenters. The van der Waals surface area contributed by atoms with E-state index in [4.69, 9.17) is 0 Å². The molecule has 0 radical (unpaired) electrons. The van der Waals surface area contributed by atoms with Gasteiger partial charge in [0, 0.05) is 12.0 Å². The second-order valence-electron chi connectivity index (χ2n) is 4.18. The maximum Gasteiger partial charge on any atom is 0.181 e. The molecule has 0 spiro atoms. The van der Waals surface area contributed by atoms with Gasteiger partial charge in [-0.1, -0.05) is 12.1 Å². The smallest absolute Gasteiger partial charge is 0.181 e. The first-order valence-corrected chi connectivity index (χ1v) is 5.63. The predicted octanol–water partition coefficient (Wildman–Crippen LogP) is 1.91. The zero-order chi connectivity index (χ0) is 11.8. The van der Waals surface area contributed by atoms with Gasteiger partial charge in [0.05, 0.1) is 0 Å². The van der Waals surface area contributed by atoms with Crippen molar-refractivity contribution in [3.63, 3.8) is 0 Å². The lowest BCUT2D eigenvalue weighted by atomic mass is 10.1. The number of hydrogen-bond acceptors (Lipinski definition) is 3. The van der Waals surface area contributed by atoms with Gasteiger partial charge in [-0.15, -0.1) is 5.10 Å². The summed E-state index contributed by atoms with van der Waals surface area (Å²) in [5.41, 5.74) is 0.638. The molecule has 2 heterocycles. The van der Waals surface area contributed by atoms with E-state index >= 15 is 0 Å². The Kier molecular flexibility index (Phi) is 2.40. The molecule has 1 aliphatic rings. The van der Waals surface area contributed by atoms with Crippen molar-refractivity contribution in [3.8, 4) is 11.4 Å². The van der Waals surface area contributed by atoms with E-state index < -0.39 is 6.23 Å². The number of aryl methyl sites for hydroxylation is 1. The number of fused-ring (bicyclic) bond motifs is 1. The van der Waals surface area contributed by atoms with E-state index in [1.54, 1.807) is 12.1 Å². The van der Waals surface area contributed by atoms with Crippen LogP contribution in [0.15, 0.2) is 24.3 Å². The highest BCUT2D eigenvalue weighted by Crippen LogP contribution is 2.24. The lowest BCUT2D eigenvalue weighted by Crippen LogP contribution is -2.18. The highest BCUT2D eigenvalue weighted by molar-refractivity contribution is 5.54. The molecule has 0 saturated carbocycles. The van der Waals surface area contributed by atoms with Crippen molar-refractivity contribution in [1.82, 2.24) is 14.8 Å². The molecule has 0 fully saturated rings. The van der Waals surface area contributed by atoms with Crippen LogP contribution in [0, 0.1) is 5.82 Å². The van der Waals surface area contributed by atoms with Crippen LogP contribution in [-0.4, -0.2) is 19.9 Å². The average Bonchev–Trinajstić information content (AvgIpc) is 2.74. The first-order chi connectivity index (χ1) is 8.24. The normalized spacial score (nSPS) is 19.1. The van der Waals surface area contributed by atoms with Crippen LogP contribution >= 0.6 is 0 Å². The van der Waals surface area contributed by atoms with Gasteiger partial charge in [-0.2, -0.15) is 0 Å². The number of nitrogens with zero attached hydrogens (tertiary/aromatic N) is 3. The molecule has 1 unspecified atom stereocenters. The van der Waals surface area contributed by atoms with Gasteiger partial charge in [0.2, 0.25) is 0 Å². The van der Waals surface area contributed by atoms with Crippen LogP contribution in [0.2, 0.25) is 0 Å². The number of aliphatic hydroxyl groups is 1. The number of halogens is 1. The molecule has 1 N–H and O–H groups in total. The van der Waals surface area contributed by atoms with Gasteiger partial charge in [-0.25, -0.2) is 14.1 Å². The van der Waals surface area contributed by atoms with Crippen molar-refractivity contribution in [3.05, 3.63) is 35.9 Å². The SMILES string of the molecule is OC1CCCc2nc(-c3cccc(F)c3)nn21. The van der Waals surface area contributed by atoms with Crippen LogP contribution in [0.4, 0.5) is 4.39 Å². The van der Waals surface area contributed by atoms with Gasteiger partial charge in [-0.3, -0.25) is 0 Å². The Morgan fingerprint density at radius 2 is 2.29 bits per heavy atom. The summed E-state index contributed by atoms with van der Waals surface area (Å²) < 4.78 is 14.6. The standard InChI is InChI=1S/C12H12FN3O/c13-9-4-1-3-8(7-9)12-14-10-5-2-6-11(17)16(10)15-12/h1,3-4,7,11,17H,2,5-6H2. The van der Waals surface area contributed by atoms with Crippen molar-refractivity contribution in [2.45, 2.75) is 25.5 Å². The Morgan fingerprint density at radius 3 is 3.06 bits per heavy atom. The van der Waals surface area contributed by atoms with Crippen LogP contribution in [0.3, 0.4) is 0 Å². The van der Waals surface area contributed by atoms with E-state index in [1.807, 2.05) is 0 Å². The predicted molar refractivity (Wildman–Crippen MR) is 59.6 cm³/mol. The van der Waals surface area contributed by atoms with Crippen LogP contribution in [0.1, 0.15) is 24.9 Å². The molecule has 0 saturated heterocycles. The summed E-state index contributed by atoms with van der Waals surface area (Å²) in [5, 5.41) is 14.0. The van der Waals surface area contributed by atoms with Crippen molar-refractivity contribution in [2.24, 2.45) is 0 Å². The highest BCUT2D eigenvalue weighted by Gasteiger charge is 2.21. The van der Waals surface area contributed by atoms with Gasteiger partial charge in [0.15, 0.2) is 5.82 Å². The monoisotopic (exact) mass is 233 g/mol. The van der Waals surface area contributed by atoms with Crippen molar-refractivity contribution >= 4 is 0 Å². The molecule has 1 aliphatic heterocycles. The van der Waals surface area contributed by atoms with Crippen molar-refractivity contribution < 1.29 is 9.50 Å². The third kappa shape index (κ3) is 1.82. The zero-order valence-corrected chi connectivity index (χ0v) is 9.17. The third-order valence-corrected chi connectivity index (χ3v) is 2.93. The van der Waals surface area contributed by atoms with Crippen LogP contribution in [0.5, 0.6) is 0 Å². The molecule has 1 aromatic carbocycles. The highest BCUT2D eigenvalue weighted by atomic mass is 19.1. The van der Waals surface area contributed by atoms with Gasteiger partial charge in [0.1, 0.15) is 17.9 Å². The molecule has 0 amide bonds. The van der Waals surface area contributed by atoms with E-state index in [1.165, 1.54) is 16.8 Å². The van der Waals surface area contributed by atoms with Gasteiger partial charge in [0.25, 0.3) is 0 Å². The van der Waals surface area contributed by atoms with E-state index in [-0.39, 0.29) is 5.82 Å². The quantitative estimate of drug-likeness (QED) is 0.818. The fraction of sp³-hybridized carbons (Fsp3) is 0.333. The summed E-state index contributed by atoms with van der Waals surface area (Å²) in [6, 6.07) is 6.17. The van der Waals surface area contributed by atoms with Gasteiger partial charge in [-0.05, 0) is 25.0 Å². The molecule has 4 nitrogen and oxygen atoms in total. The second kappa shape index (κ2) is 3.92. The maximum atomic E-state index is 13.1. The molecule has 2 aromatic rings. The minimum absolute atomic E-state index is 0.309. The minimum Gasteiger partial charge on any atom is -0.372 e. The topological polar surface area (TPSA) is 50.9 Å². The molecule has 3 rings (SSSR count). The molecular weight excluding hydrogens is 221 g/mol. The minimum atomic E-state index is -0.603. The molecule has 88 valence electrons. The number of aromatic nitrogens is 3. The fourth-order valence-electron chi connectivity index (χ4n) is 2.08. The number of hydrogen-bond donors (Lipinski definition) is 1. The van der Waals surface area contributed by atoms with Crippen molar-refractivity contribution in [1.29, 1.82) is 0 Å².